The van der Waals surface area contributed by atoms with Gasteiger partial charge in [-0.3, -0.25) is 0 Å². The summed E-state index contributed by atoms with van der Waals surface area (Å²) in [6.45, 7) is 6.23. The minimum absolute atomic E-state index is 0.274. The summed E-state index contributed by atoms with van der Waals surface area (Å²) >= 11 is 11.7. The Balaban J connectivity index is 1.66. The molecule has 7 heteroatoms. The second-order valence-corrected chi connectivity index (χ2v) is 7.71. The van der Waals surface area contributed by atoms with E-state index in [9.17, 15) is 0 Å². The highest BCUT2D eigenvalue weighted by Gasteiger charge is 2.26. The first-order chi connectivity index (χ1) is 13.6. The lowest BCUT2D eigenvalue weighted by molar-refractivity contribution is -0.937. The number of ether oxygens (including phenoxy) is 2. The summed E-state index contributed by atoms with van der Waals surface area (Å²) in [4.78, 5) is 1.49. The Morgan fingerprint density at radius 1 is 1.21 bits per heavy atom. The van der Waals surface area contributed by atoms with Crippen LogP contribution in [0.3, 0.4) is 0 Å². The predicted molar refractivity (Wildman–Crippen MR) is 118 cm³/mol. The van der Waals surface area contributed by atoms with Crippen molar-refractivity contribution in [1.29, 1.82) is 0 Å². The summed E-state index contributed by atoms with van der Waals surface area (Å²) in [6, 6.07) is 14.4. The van der Waals surface area contributed by atoms with E-state index < -0.39 is 0 Å². The third kappa shape index (κ3) is 5.58. The largest absolute Gasteiger partial charge is 0.497 e. The molecule has 0 saturated carbocycles. The minimum Gasteiger partial charge on any atom is -0.497 e. The number of nitrogens with one attached hydrogen (secondary N) is 3. The molecular weight excluding hydrogens is 394 g/mol. The number of thiocarbonyl (C=S) groups is 1. The van der Waals surface area contributed by atoms with E-state index in [1.54, 1.807) is 7.11 Å². The molecule has 2 aromatic rings. The van der Waals surface area contributed by atoms with Crippen LogP contribution >= 0.6 is 23.8 Å². The molecule has 0 aliphatic carbocycles. The Kier molecular flexibility index (Phi) is 7.50. The molecule has 28 heavy (non-hydrogen) atoms. The molecule has 0 spiro atoms. The highest BCUT2D eigenvalue weighted by molar-refractivity contribution is 7.80. The number of aryl methyl sites for hydroxylation is 1. The molecule has 0 unspecified atom stereocenters. The summed E-state index contributed by atoms with van der Waals surface area (Å²) in [7, 11) is 1.68. The van der Waals surface area contributed by atoms with Crippen LogP contribution < -0.4 is 20.3 Å². The molecule has 5 nitrogen and oxygen atoms in total. The first-order valence-electron chi connectivity index (χ1n) is 9.44. The molecule has 1 aliphatic heterocycles. The van der Waals surface area contributed by atoms with Gasteiger partial charge in [-0.2, -0.15) is 0 Å². The smallest absolute Gasteiger partial charge is 0.171 e. The summed E-state index contributed by atoms with van der Waals surface area (Å²) in [5, 5.41) is 7.91. The van der Waals surface area contributed by atoms with Gasteiger partial charge in [-0.25, -0.2) is 0 Å². The van der Waals surface area contributed by atoms with Crippen molar-refractivity contribution in [3.63, 3.8) is 0 Å². The van der Waals surface area contributed by atoms with Crippen LogP contribution in [-0.2, 0) is 4.74 Å². The van der Waals surface area contributed by atoms with Gasteiger partial charge in [0.2, 0.25) is 0 Å². The van der Waals surface area contributed by atoms with Gasteiger partial charge in [-0.15, -0.1) is 0 Å². The third-order valence-corrected chi connectivity index (χ3v) is 5.70. The standard InChI is InChI=1S/C21H26ClN3O2S/c1-15-3-6-17(13-19(15)22)24-21(28)23-14-20(25-9-11-27-12-10-25)16-4-7-18(26-2)8-5-16/h3-8,13,20H,9-12,14H2,1-2H3,(H2,23,24,28)/p+1/t20-/m1/s1. The van der Waals surface area contributed by atoms with Crippen molar-refractivity contribution < 1.29 is 14.4 Å². The van der Waals surface area contributed by atoms with Gasteiger partial charge >= 0.3 is 0 Å². The van der Waals surface area contributed by atoms with Crippen molar-refractivity contribution in [2.75, 3.05) is 45.3 Å². The van der Waals surface area contributed by atoms with Crippen molar-refractivity contribution >= 4 is 34.6 Å². The SMILES string of the molecule is COc1ccc([C@@H](CNC(=S)Nc2ccc(C)c(Cl)c2)[NH+]2CCOCC2)cc1. The molecule has 1 heterocycles. The van der Waals surface area contributed by atoms with Gasteiger partial charge in [-0.1, -0.05) is 17.7 Å². The fourth-order valence-corrected chi connectivity index (χ4v) is 3.74. The molecule has 1 saturated heterocycles. The molecule has 1 fully saturated rings. The van der Waals surface area contributed by atoms with Gasteiger partial charge < -0.3 is 25.0 Å². The summed E-state index contributed by atoms with van der Waals surface area (Å²) in [5.41, 5.74) is 3.18. The number of morpholine rings is 1. The Hall–Kier alpha value is -1.86. The van der Waals surface area contributed by atoms with Crippen LogP contribution in [0.2, 0.25) is 5.02 Å². The lowest BCUT2D eigenvalue weighted by Gasteiger charge is -2.32. The topological polar surface area (TPSA) is 47.0 Å². The highest BCUT2D eigenvalue weighted by Crippen LogP contribution is 2.20. The van der Waals surface area contributed by atoms with Gasteiger partial charge in [0.15, 0.2) is 5.11 Å². The van der Waals surface area contributed by atoms with E-state index in [1.165, 1.54) is 10.5 Å². The van der Waals surface area contributed by atoms with Crippen LogP contribution in [0.1, 0.15) is 17.2 Å². The number of rotatable bonds is 6. The Morgan fingerprint density at radius 3 is 2.57 bits per heavy atom. The number of benzene rings is 2. The maximum Gasteiger partial charge on any atom is 0.171 e. The van der Waals surface area contributed by atoms with E-state index in [2.05, 4.69) is 22.8 Å². The zero-order chi connectivity index (χ0) is 19.9. The number of hydrogen-bond donors (Lipinski definition) is 3. The van der Waals surface area contributed by atoms with Crippen LogP contribution in [0, 0.1) is 6.92 Å². The first-order valence-corrected chi connectivity index (χ1v) is 10.2. The van der Waals surface area contributed by atoms with Gasteiger partial charge in [0.05, 0.1) is 26.9 Å². The summed E-state index contributed by atoms with van der Waals surface area (Å²) in [5.74, 6) is 0.862. The second-order valence-electron chi connectivity index (χ2n) is 6.90. The van der Waals surface area contributed by atoms with Gasteiger partial charge in [0.25, 0.3) is 0 Å². The molecule has 1 atom stereocenters. The number of quaternary nitrogens is 1. The van der Waals surface area contributed by atoms with Gasteiger partial charge in [-0.05, 0) is 61.1 Å². The van der Waals surface area contributed by atoms with Gasteiger partial charge in [0, 0.05) is 16.3 Å². The van der Waals surface area contributed by atoms with Crippen LogP contribution in [0.4, 0.5) is 5.69 Å². The predicted octanol–water partition coefficient (Wildman–Crippen LogP) is 2.60. The lowest BCUT2D eigenvalue weighted by atomic mass is 10.0. The Morgan fingerprint density at radius 2 is 1.93 bits per heavy atom. The summed E-state index contributed by atoms with van der Waals surface area (Å²) < 4.78 is 10.8. The molecule has 0 aromatic heterocycles. The van der Waals surface area contributed by atoms with E-state index >= 15 is 0 Å². The van der Waals surface area contributed by atoms with Crippen LogP contribution in [0.15, 0.2) is 42.5 Å². The quantitative estimate of drug-likeness (QED) is 0.627. The van der Waals surface area contributed by atoms with E-state index in [-0.39, 0.29) is 6.04 Å². The second kappa shape index (κ2) is 10.1. The molecule has 3 N–H and O–H groups in total. The Labute approximate surface area is 177 Å². The molecule has 0 amide bonds. The van der Waals surface area contributed by atoms with E-state index in [0.29, 0.717) is 5.11 Å². The van der Waals surface area contributed by atoms with E-state index in [1.807, 2.05) is 37.3 Å². The molecule has 0 bridgehead atoms. The first kappa shape index (κ1) is 20.9. The summed E-state index contributed by atoms with van der Waals surface area (Å²) in [6.07, 6.45) is 0. The van der Waals surface area contributed by atoms with Crippen LogP contribution in [-0.4, -0.2) is 45.1 Å². The van der Waals surface area contributed by atoms with Crippen molar-refractivity contribution in [2.45, 2.75) is 13.0 Å². The maximum atomic E-state index is 6.20. The third-order valence-electron chi connectivity index (χ3n) is 5.04. The zero-order valence-electron chi connectivity index (χ0n) is 16.3. The van der Waals surface area contributed by atoms with Crippen molar-refractivity contribution in [2.24, 2.45) is 0 Å². The fourth-order valence-electron chi connectivity index (χ4n) is 3.36. The average molecular weight is 421 g/mol. The minimum atomic E-state index is 0.274. The number of anilines is 1. The highest BCUT2D eigenvalue weighted by atomic mass is 35.5. The normalized spacial score (nSPS) is 15.7. The molecule has 2 aromatic carbocycles. The molecule has 1 aliphatic rings. The van der Waals surface area contributed by atoms with Crippen molar-refractivity contribution in [1.82, 2.24) is 5.32 Å². The van der Waals surface area contributed by atoms with Crippen LogP contribution in [0.5, 0.6) is 5.75 Å². The van der Waals surface area contributed by atoms with Crippen molar-refractivity contribution in [3.05, 3.63) is 58.6 Å². The molecular formula is C21H27ClN3O2S+. The number of hydrogen-bond acceptors (Lipinski definition) is 3. The number of halogens is 1. The zero-order valence-corrected chi connectivity index (χ0v) is 17.8. The Bertz CT molecular complexity index is 795. The molecule has 0 radical (unpaired) electrons. The average Bonchev–Trinajstić information content (AvgIpc) is 2.72. The fraction of sp³-hybridized carbons (Fsp3) is 0.381. The lowest BCUT2D eigenvalue weighted by Crippen LogP contribution is -3.15. The maximum absolute atomic E-state index is 6.20. The molecule has 3 rings (SSSR count). The monoisotopic (exact) mass is 420 g/mol. The van der Waals surface area contributed by atoms with Gasteiger partial charge in [0.1, 0.15) is 24.9 Å². The van der Waals surface area contributed by atoms with Crippen LogP contribution in [0.25, 0.3) is 0 Å². The van der Waals surface area contributed by atoms with E-state index in [0.717, 1.165) is 54.9 Å². The van der Waals surface area contributed by atoms with E-state index in [4.69, 9.17) is 33.3 Å². The molecule has 150 valence electrons. The van der Waals surface area contributed by atoms with Crippen molar-refractivity contribution in [3.8, 4) is 5.75 Å². The number of methoxy groups -OCH3 is 1.